The topological polar surface area (TPSA) is 78.1 Å². The van der Waals surface area contributed by atoms with Gasteiger partial charge in [-0.1, -0.05) is 11.6 Å². The Balaban J connectivity index is 1.62. The number of ether oxygens (including phenoxy) is 3. The fourth-order valence-corrected chi connectivity index (χ4v) is 2.72. The van der Waals surface area contributed by atoms with Crippen molar-refractivity contribution in [2.45, 2.75) is 19.3 Å². The molecule has 7 heteroatoms. The van der Waals surface area contributed by atoms with Crippen molar-refractivity contribution in [1.82, 2.24) is 0 Å². The molecular weight excluding hydrogens is 330 g/mol. The maximum atomic E-state index is 6.07. The van der Waals surface area contributed by atoms with Gasteiger partial charge in [0.2, 0.25) is 0 Å². The summed E-state index contributed by atoms with van der Waals surface area (Å²) >= 11 is 6.07. The number of nitrogens with zero attached hydrogens (tertiary/aromatic N) is 1. The van der Waals surface area contributed by atoms with Crippen LogP contribution >= 0.6 is 11.6 Å². The second-order valence-electron chi connectivity index (χ2n) is 5.73. The Morgan fingerprint density at radius 2 is 2.21 bits per heavy atom. The lowest BCUT2D eigenvalue weighted by Gasteiger charge is -2.21. The summed E-state index contributed by atoms with van der Waals surface area (Å²) in [6, 6.07) is 5.37. The number of aliphatic imine (C=N–C) groups is 1. The van der Waals surface area contributed by atoms with Gasteiger partial charge in [0.05, 0.1) is 12.1 Å². The quantitative estimate of drug-likeness (QED) is 0.426. The summed E-state index contributed by atoms with van der Waals surface area (Å²) in [7, 11) is 1.58. The molecule has 1 fully saturated rings. The molecule has 3 N–H and O–H groups in total. The fraction of sp³-hybridized carbons (Fsp3) is 0.588. The van der Waals surface area contributed by atoms with Crippen molar-refractivity contribution in [1.29, 1.82) is 0 Å². The first-order valence-electron chi connectivity index (χ1n) is 8.25. The highest BCUT2D eigenvalue weighted by molar-refractivity contribution is 6.32. The zero-order chi connectivity index (χ0) is 17.2. The molecule has 134 valence electrons. The minimum atomic E-state index is 0.362. The van der Waals surface area contributed by atoms with Crippen LogP contribution in [0.25, 0.3) is 0 Å². The summed E-state index contributed by atoms with van der Waals surface area (Å²) in [4.78, 5) is 4.29. The second-order valence-corrected chi connectivity index (χ2v) is 6.13. The van der Waals surface area contributed by atoms with Crippen LogP contribution < -0.4 is 15.8 Å². The number of nitrogens with one attached hydrogen (secondary N) is 1. The monoisotopic (exact) mass is 355 g/mol. The van der Waals surface area contributed by atoms with Crippen LogP contribution in [0.4, 0.5) is 5.69 Å². The molecule has 0 spiro atoms. The van der Waals surface area contributed by atoms with E-state index in [4.69, 9.17) is 31.5 Å². The normalized spacial score (nSPS) is 16.2. The highest BCUT2D eigenvalue weighted by Gasteiger charge is 2.13. The van der Waals surface area contributed by atoms with Crippen molar-refractivity contribution in [3.63, 3.8) is 0 Å². The molecule has 0 amide bonds. The summed E-state index contributed by atoms with van der Waals surface area (Å²) in [6.07, 6.45) is 3.04. The van der Waals surface area contributed by atoms with Gasteiger partial charge in [-0.05, 0) is 43.4 Å². The zero-order valence-corrected chi connectivity index (χ0v) is 14.8. The molecule has 1 aliphatic heterocycles. The van der Waals surface area contributed by atoms with E-state index in [9.17, 15) is 0 Å². The lowest BCUT2D eigenvalue weighted by molar-refractivity contribution is 0.0205. The molecule has 6 nitrogen and oxygen atoms in total. The number of methoxy groups -OCH3 is 1. The van der Waals surface area contributed by atoms with Crippen LogP contribution in [0.2, 0.25) is 5.02 Å². The highest BCUT2D eigenvalue weighted by atomic mass is 35.5. The summed E-state index contributed by atoms with van der Waals surface area (Å²) in [6.45, 7) is 3.84. The number of rotatable bonds is 8. The molecule has 0 atom stereocenters. The standard InChI is InChI=1S/C17H26ClN3O3/c1-22-16-4-3-14(11-15(16)18)21-17(19)20-7-2-8-24-12-13-5-9-23-10-6-13/h3-4,11,13H,2,5-10,12H2,1H3,(H3,19,20,21). The van der Waals surface area contributed by atoms with Gasteiger partial charge in [-0.25, -0.2) is 0 Å². The van der Waals surface area contributed by atoms with Crippen molar-refractivity contribution < 1.29 is 14.2 Å². The first kappa shape index (κ1) is 18.8. The van der Waals surface area contributed by atoms with E-state index in [-0.39, 0.29) is 0 Å². The van der Waals surface area contributed by atoms with E-state index < -0.39 is 0 Å². The second kappa shape index (κ2) is 10.4. The van der Waals surface area contributed by atoms with Gasteiger partial charge in [0.1, 0.15) is 5.75 Å². The number of benzene rings is 1. The third-order valence-electron chi connectivity index (χ3n) is 3.85. The van der Waals surface area contributed by atoms with Gasteiger partial charge in [0.15, 0.2) is 5.96 Å². The number of hydrogen-bond acceptors (Lipinski definition) is 4. The molecule has 0 unspecified atom stereocenters. The number of anilines is 1. The third kappa shape index (κ3) is 6.55. The Morgan fingerprint density at radius 3 is 2.92 bits per heavy atom. The Labute approximate surface area is 148 Å². The van der Waals surface area contributed by atoms with Gasteiger partial charge >= 0.3 is 0 Å². The molecule has 0 radical (unpaired) electrons. The molecule has 24 heavy (non-hydrogen) atoms. The maximum absolute atomic E-state index is 6.07. The van der Waals surface area contributed by atoms with Gasteiger partial charge in [-0.2, -0.15) is 0 Å². The average molecular weight is 356 g/mol. The molecular formula is C17H26ClN3O3. The summed E-state index contributed by atoms with van der Waals surface area (Å²) in [5, 5.41) is 3.53. The van der Waals surface area contributed by atoms with E-state index in [1.54, 1.807) is 19.2 Å². The van der Waals surface area contributed by atoms with Crippen molar-refractivity contribution >= 4 is 23.2 Å². The van der Waals surface area contributed by atoms with Gasteiger partial charge < -0.3 is 25.3 Å². The molecule has 0 saturated carbocycles. The van der Waals surface area contributed by atoms with E-state index in [0.29, 0.717) is 35.8 Å². The van der Waals surface area contributed by atoms with E-state index in [2.05, 4.69) is 10.3 Å². The van der Waals surface area contributed by atoms with E-state index in [1.165, 1.54) is 0 Å². The van der Waals surface area contributed by atoms with E-state index >= 15 is 0 Å². The Kier molecular flexibility index (Phi) is 8.15. The molecule has 1 aromatic carbocycles. The van der Waals surface area contributed by atoms with Crippen LogP contribution in [0, 0.1) is 5.92 Å². The van der Waals surface area contributed by atoms with Gasteiger partial charge in [0.25, 0.3) is 0 Å². The highest BCUT2D eigenvalue weighted by Crippen LogP contribution is 2.27. The van der Waals surface area contributed by atoms with Crippen LogP contribution in [0.1, 0.15) is 19.3 Å². The number of hydrogen-bond donors (Lipinski definition) is 2. The first-order valence-corrected chi connectivity index (χ1v) is 8.63. The molecule has 0 aromatic heterocycles. The fourth-order valence-electron chi connectivity index (χ4n) is 2.46. The minimum absolute atomic E-state index is 0.362. The number of guanidine groups is 1. The summed E-state index contributed by atoms with van der Waals surface area (Å²) in [5.41, 5.74) is 6.64. The zero-order valence-electron chi connectivity index (χ0n) is 14.1. The molecule has 0 bridgehead atoms. The molecule has 1 heterocycles. The average Bonchev–Trinajstić information content (AvgIpc) is 2.59. The van der Waals surface area contributed by atoms with Crippen molar-refractivity contribution in [2.24, 2.45) is 16.6 Å². The largest absolute Gasteiger partial charge is 0.495 e. The van der Waals surface area contributed by atoms with Crippen molar-refractivity contribution in [3.8, 4) is 5.75 Å². The van der Waals surface area contributed by atoms with Crippen LogP contribution in [0.3, 0.4) is 0 Å². The smallest absolute Gasteiger partial charge is 0.193 e. The first-order chi connectivity index (χ1) is 11.7. The Morgan fingerprint density at radius 1 is 1.42 bits per heavy atom. The molecule has 1 saturated heterocycles. The third-order valence-corrected chi connectivity index (χ3v) is 4.14. The number of halogens is 1. The van der Waals surface area contributed by atoms with Crippen molar-refractivity contribution in [3.05, 3.63) is 23.2 Å². The van der Waals surface area contributed by atoms with Crippen LogP contribution in [-0.4, -0.2) is 46.0 Å². The number of nitrogens with two attached hydrogens (primary N) is 1. The Bertz CT molecular complexity index is 534. The van der Waals surface area contributed by atoms with Crippen LogP contribution in [-0.2, 0) is 9.47 Å². The van der Waals surface area contributed by atoms with Gasteiger partial charge in [0, 0.05) is 38.7 Å². The minimum Gasteiger partial charge on any atom is -0.495 e. The summed E-state index contributed by atoms with van der Waals surface area (Å²) in [5.74, 6) is 1.62. The van der Waals surface area contributed by atoms with Crippen LogP contribution in [0.15, 0.2) is 23.2 Å². The van der Waals surface area contributed by atoms with Crippen LogP contribution in [0.5, 0.6) is 5.75 Å². The molecule has 1 aliphatic rings. The van der Waals surface area contributed by atoms with Gasteiger partial charge in [-0.3, -0.25) is 4.99 Å². The predicted molar refractivity (Wildman–Crippen MR) is 97.1 cm³/mol. The SMILES string of the molecule is COc1ccc(NC(N)=NCCCOCC2CCOCC2)cc1Cl. The lowest BCUT2D eigenvalue weighted by Crippen LogP contribution is -2.23. The predicted octanol–water partition coefficient (Wildman–Crippen LogP) is 2.91. The lowest BCUT2D eigenvalue weighted by atomic mass is 10.0. The van der Waals surface area contributed by atoms with Crippen molar-refractivity contribution in [2.75, 3.05) is 45.4 Å². The molecule has 0 aliphatic carbocycles. The van der Waals surface area contributed by atoms with E-state index in [1.807, 2.05) is 6.07 Å². The molecule has 2 rings (SSSR count). The summed E-state index contributed by atoms with van der Waals surface area (Å²) < 4.78 is 16.1. The Hall–Kier alpha value is -1.50. The van der Waals surface area contributed by atoms with Gasteiger partial charge in [-0.15, -0.1) is 0 Å². The molecule has 1 aromatic rings. The maximum Gasteiger partial charge on any atom is 0.193 e. The van der Waals surface area contributed by atoms with E-state index in [0.717, 1.165) is 44.8 Å².